The zero-order valence-electron chi connectivity index (χ0n) is 14.4. The summed E-state index contributed by atoms with van der Waals surface area (Å²) in [5, 5.41) is 2.39. The number of hydrogen-bond donors (Lipinski definition) is 1. The van der Waals surface area contributed by atoms with Crippen LogP contribution in [0.3, 0.4) is 0 Å². The fourth-order valence-electron chi connectivity index (χ4n) is 2.72. The van der Waals surface area contributed by atoms with Gasteiger partial charge in [-0.1, -0.05) is 0 Å². The quantitative estimate of drug-likeness (QED) is 0.720. The number of likely N-dealkylation sites (tertiary alicyclic amines) is 1. The Hall–Kier alpha value is -1.87. The second-order valence-electron chi connectivity index (χ2n) is 6.73. The molecule has 0 bridgehead atoms. The number of carbonyl (C=O) groups excluding carboxylic acids is 3. The number of nitrogens with one attached hydrogen (secondary N) is 1. The highest BCUT2D eigenvalue weighted by Crippen LogP contribution is 2.35. The van der Waals surface area contributed by atoms with E-state index in [1.807, 2.05) is 0 Å². The lowest BCUT2D eigenvalue weighted by Crippen LogP contribution is -2.47. The van der Waals surface area contributed by atoms with Gasteiger partial charge < -0.3 is 29.2 Å². The summed E-state index contributed by atoms with van der Waals surface area (Å²) in [5.74, 6) is -1.95. The molecule has 136 valence electrons. The molecule has 2 saturated heterocycles. The Kier molecular flexibility index (Phi) is 5.34. The number of nitrogens with zero attached hydrogens (tertiary/aromatic N) is 1. The Morgan fingerprint density at radius 1 is 1.25 bits per heavy atom. The van der Waals surface area contributed by atoms with Crippen LogP contribution >= 0.6 is 0 Å². The van der Waals surface area contributed by atoms with E-state index in [-0.39, 0.29) is 19.5 Å². The molecule has 2 aliphatic rings. The molecule has 0 saturated carbocycles. The van der Waals surface area contributed by atoms with E-state index in [1.54, 1.807) is 20.8 Å². The minimum absolute atomic E-state index is 0.113. The van der Waals surface area contributed by atoms with Gasteiger partial charge in [0, 0.05) is 6.42 Å². The molecule has 1 spiro atoms. The first-order valence-electron chi connectivity index (χ1n) is 7.78. The number of hydrogen-bond acceptors (Lipinski definition) is 7. The number of alkyl carbamates (subject to hydrolysis) is 1. The molecule has 2 heterocycles. The number of rotatable bonds is 3. The lowest BCUT2D eigenvalue weighted by molar-refractivity contribution is -0.152. The minimum Gasteiger partial charge on any atom is -0.467 e. The number of ether oxygens (including phenoxy) is 4. The summed E-state index contributed by atoms with van der Waals surface area (Å²) < 4.78 is 21.0. The number of esters is 1. The lowest BCUT2D eigenvalue weighted by atomic mass is 10.1. The Morgan fingerprint density at radius 2 is 1.88 bits per heavy atom. The van der Waals surface area contributed by atoms with Crippen LogP contribution in [0.5, 0.6) is 0 Å². The van der Waals surface area contributed by atoms with Crippen molar-refractivity contribution in [3.05, 3.63) is 0 Å². The van der Waals surface area contributed by atoms with Gasteiger partial charge in [0.1, 0.15) is 18.2 Å². The average Bonchev–Trinajstić information content (AvgIpc) is 3.10. The van der Waals surface area contributed by atoms with Crippen LogP contribution in [0, 0.1) is 0 Å². The first-order valence-corrected chi connectivity index (χ1v) is 7.78. The van der Waals surface area contributed by atoms with Gasteiger partial charge in [0.05, 0.1) is 26.9 Å². The van der Waals surface area contributed by atoms with Crippen LogP contribution in [-0.2, 0) is 28.5 Å². The van der Waals surface area contributed by atoms with E-state index in [1.165, 1.54) is 12.0 Å². The van der Waals surface area contributed by atoms with E-state index >= 15 is 0 Å². The van der Waals surface area contributed by atoms with E-state index in [0.29, 0.717) is 13.2 Å². The highest BCUT2D eigenvalue weighted by Gasteiger charge is 2.52. The molecule has 9 nitrogen and oxygen atoms in total. The predicted octanol–water partition coefficient (Wildman–Crippen LogP) is 0.0281. The molecule has 0 aromatic rings. The second kappa shape index (κ2) is 6.94. The normalized spacial score (nSPS) is 22.5. The van der Waals surface area contributed by atoms with Crippen LogP contribution in [0.25, 0.3) is 0 Å². The number of amides is 2. The van der Waals surface area contributed by atoms with Crippen molar-refractivity contribution in [2.45, 2.75) is 44.6 Å². The monoisotopic (exact) mass is 344 g/mol. The smallest absolute Gasteiger partial charge is 0.408 e. The Labute approximate surface area is 140 Å². The summed E-state index contributed by atoms with van der Waals surface area (Å²) in [6, 6.07) is -0.805. The molecular weight excluding hydrogens is 320 g/mol. The molecular formula is C15H24N2O7. The van der Waals surface area contributed by atoms with E-state index in [9.17, 15) is 14.4 Å². The summed E-state index contributed by atoms with van der Waals surface area (Å²) in [7, 11) is 1.26. The third kappa shape index (κ3) is 4.35. The van der Waals surface area contributed by atoms with Crippen LogP contribution in [0.1, 0.15) is 27.2 Å². The van der Waals surface area contributed by atoms with Crippen molar-refractivity contribution >= 4 is 18.0 Å². The van der Waals surface area contributed by atoms with Crippen molar-refractivity contribution < 1.29 is 33.3 Å². The average molecular weight is 344 g/mol. The van der Waals surface area contributed by atoms with Crippen molar-refractivity contribution in [2.75, 3.05) is 33.4 Å². The fraction of sp³-hybridized carbons (Fsp3) is 0.800. The third-order valence-electron chi connectivity index (χ3n) is 3.68. The topological polar surface area (TPSA) is 103 Å². The van der Waals surface area contributed by atoms with Crippen LogP contribution < -0.4 is 5.32 Å². The zero-order valence-corrected chi connectivity index (χ0v) is 14.4. The first kappa shape index (κ1) is 18.5. The van der Waals surface area contributed by atoms with E-state index in [0.717, 1.165) is 0 Å². The molecule has 0 aromatic carbocycles. The van der Waals surface area contributed by atoms with Gasteiger partial charge in [-0.05, 0) is 20.8 Å². The van der Waals surface area contributed by atoms with Gasteiger partial charge in [-0.15, -0.1) is 0 Å². The third-order valence-corrected chi connectivity index (χ3v) is 3.68. The van der Waals surface area contributed by atoms with Crippen molar-refractivity contribution in [2.24, 2.45) is 0 Å². The van der Waals surface area contributed by atoms with E-state index in [2.05, 4.69) is 5.32 Å². The molecule has 0 radical (unpaired) electrons. The minimum atomic E-state index is -0.972. The molecule has 1 N–H and O–H groups in total. The summed E-state index contributed by atoms with van der Waals surface area (Å²) in [5.41, 5.74) is -0.662. The molecule has 2 amide bonds. The molecule has 9 heteroatoms. The second-order valence-corrected chi connectivity index (χ2v) is 6.73. The summed E-state index contributed by atoms with van der Waals surface area (Å²) in [6.45, 7) is 5.81. The van der Waals surface area contributed by atoms with Gasteiger partial charge in [-0.25, -0.2) is 9.59 Å². The molecule has 2 aliphatic heterocycles. The van der Waals surface area contributed by atoms with Crippen molar-refractivity contribution in [3.63, 3.8) is 0 Å². The van der Waals surface area contributed by atoms with Crippen LogP contribution in [0.15, 0.2) is 0 Å². The van der Waals surface area contributed by atoms with Gasteiger partial charge in [-0.3, -0.25) is 4.79 Å². The maximum absolute atomic E-state index is 12.4. The summed E-state index contributed by atoms with van der Waals surface area (Å²) in [4.78, 5) is 37.3. The van der Waals surface area contributed by atoms with E-state index in [4.69, 9.17) is 18.9 Å². The summed E-state index contributed by atoms with van der Waals surface area (Å²) >= 11 is 0. The maximum atomic E-state index is 12.4. The molecule has 0 aromatic heterocycles. The standard InChI is InChI=1S/C15H24N2O7/c1-14(2,3)24-13(20)16-8-11(18)17-9-15(22-5-6-23-15)7-10(17)12(19)21-4/h10H,5-9H2,1-4H3,(H,16,20)/t10-/m0/s1. The molecule has 2 rings (SSSR count). The van der Waals surface area contributed by atoms with Crippen molar-refractivity contribution in [1.29, 1.82) is 0 Å². The number of methoxy groups -OCH3 is 1. The van der Waals surface area contributed by atoms with Crippen molar-refractivity contribution in [3.8, 4) is 0 Å². The number of carbonyl (C=O) groups is 3. The molecule has 2 fully saturated rings. The summed E-state index contributed by atoms with van der Waals surface area (Å²) in [6.07, 6.45) is -0.495. The molecule has 1 atom stereocenters. The van der Waals surface area contributed by atoms with Crippen LogP contribution in [-0.4, -0.2) is 73.7 Å². The van der Waals surface area contributed by atoms with Gasteiger partial charge >= 0.3 is 12.1 Å². The largest absolute Gasteiger partial charge is 0.467 e. The van der Waals surface area contributed by atoms with Gasteiger partial charge in [0.25, 0.3) is 0 Å². The van der Waals surface area contributed by atoms with Gasteiger partial charge in [-0.2, -0.15) is 0 Å². The predicted molar refractivity (Wildman–Crippen MR) is 81.0 cm³/mol. The molecule has 0 aliphatic carbocycles. The Morgan fingerprint density at radius 3 is 2.42 bits per heavy atom. The van der Waals surface area contributed by atoms with Gasteiger partial charge in [0.15, 0.2) is 5.79 Å². The zero-order chi connectivity index (χ0) is 18.0. The SMILES string of the molecule is COC(=O)[C@@H]1CC2(CN1C(=O)CNC(=O)OC(C)(C)C)OCCO2. The molecule has 24 heavy (non-hydrogen) atoms. The fourth-order valence-corrected chi connectivity index (χ4v) is 2.72. The molecule has 0 unspecified atom stereocenters. The Balaban J connectivity index is 1.98. The highest BCUT2D eigenvalue weighted by molar-refractivity contribution is 5.88. The lowest BCUT2D eigenvalue weighted by Gasteiger charge is -2.24. The van der Waals surface area contributed by atoms with Crippen molar-refractivity contribution in [1.82, 2.24) is 10.2 Å². The highest BCUT2D eigenvalue weighted by atomic mass is 16.7. The Bertz CT molecular complexity index is 508. The maximum Gasteiger partial charge on any atom is 0.408 e. The van der Waals surface area contributed by atoms with E-state index < -0.39 is 35.4 Å². The van der Waals surface area contributed by atoms with Crippen LogP contribution in [0.4, 0.5) is 4.79 Å². The first-order chi connectivity index (χ1) is 11.2. The van der Waals surface area contributed by atoms with Gasteiger partial charge in [0.2, 0.25) is 5.91 Å². The van der Waals surface area contributed by atoms with Crippen LogP contribution in [0.2, 0.25) is 0 Å².